The Morgan fingerprint density at radius 2 is 2.17 bits per heavy atom. The van der Waals surface area contributed by atoms with Crippen LogP contribution in [0.1, 0.15) is 50.9 Å². The van der Waals surface area contributed by atoms with Crippen LogP contribution >= 0.6 is 15.9 Å². The highest BCUT2D eigenvalue weighted by Crippen LogP contribution is 2.42. The van der Waals surface area contributed by atoms with E-state index in [0.717, 1.165) is 28.6 Å². The number of nitrogens with zero attached hydrogens (tertiary/aromatic N) is 1. The van der Waals surface area contributed by atoms with Gasteiger partial charge in [0.2, 0.25) is 0 Å². The lowest BCUT2D eigenvalue weighted by molar-refractivity contribution is 0.0696. The van der Waals surface area contributed by atoms with E-state index in [1.807, 2.05) is 6.07 Å². The molecule has 3 rings (SSSR count). The number of hydrogen-bond donors (Lipinski definition) is 3. The van der Waals surface area contributed by atoms with Crippen molar-refractivity contribution >= 4 is 27.8 Å². The van der Waals surface area contributed by atoms with Gasteiger partial charge in [0.25, 0.3) is 5.91 Å². The molecule has 1 aromatic carbocycles. The molecular weight excluding hydrogens is 362 g/mol. The number of nitrogens with one attached hydrogen (secondary N) is 2. The lowest BCUT2D eigenvalue weighted by Crippen LogP contribution is -2.26. The highest BCUT2D eigenvalue weighted by molar-refractivity contribution is 9.10. The zero-order valence-corrected chi connectivity index (χ0v) is 13.9. The number of carboxylic acid groups (broad SMARTS) is 1. The van der Waals surface area contributed by atoms with Crippen molar-refractivity contribution in [1.82, 2.24) is 15.5 Å². The molecule has 0 bridgehead atoms. The third kappa shape index (κ3) is 3.61. The molecule has 1 heterocycles. The summed E-state index contributed by atoms with van der Waals surface area (Å²) in [5, 5.41) is 18.8. The van der Waals surface area contributed by atoms with Crippen molar-refractivity contribution in [2.45, 2.75) is 25.2 Å². The molecule has 0 radical (unpaired) electrons. The van der Waals surface area contributed by atoms with Crippen LogP contribution in [0, 0.1) is 0 Å². The first-order valence-electron chi connectivity index (χ1n) is 7.40. The minimum Gasteiger partial charge on any atom is -0.478 e. The normalized spacial score (nSPS) is 13.8. The van der Waals surface area contributed by atoms with Gasteiger partial charge in [-0.1, -0.05) is 12.1 Å². The second-order valence-corrected chi connectivity index (χ2v) is 6.38. The number of rotatable bonds is 6. The zero-order valence-electron chi connectivity index (χ0n) is 12.3. The lowest BCUT2D eigenvalue weighted by atomic mass is 10.1. The van der Waals surface area contributed by atoms with Gasteiger partial charge < -0.3 is 10.4 Å². The Hall–Kier alpha value is -2.15. The van der Waals surface area contributed by atoms with Gasteiger partial charge in [-0.05, 0) is 52.9 Å². The molecule has 1 saturated carbocycles. The fourth-order valence-corrected chi connectivity index (χ4v) is 3.08. The molecule has 0 saturated heterocycles. The molecule has 3 N–H and O–H groups in total. The number of carboxylic acids is 1. The van der Waals surface area contributed by atoms with E-state index in [1.54, 1.807) is 18.2 Å². The van der Waals surface area contributed by atoms with Crippen molar-refractivity contribution in [3.05, 3.63) is 51.3 Å². The van der Waals surface area contributed by atoms with Crippen LogP contribution in [-0.2, 0) is 6.42 Å². The second-order valence-electron chi connectivity index (χ2n) is 5.59. The number of aromatic nitrogens is 2. The van der Waals surface area contributed by atoms with Crippen LogP contribution in [0.4, 0.5) is 0 Å². The number of halogens is 1. The summed E-state index contributed by atoms with van der Waals surface area (Å²) in [5.74, 6) is -0.712. The maximum absolute atomic E-state index is 12.2. The molecular formula is C16H16BrN3O3. The van der Waals surface area contributed by atoms with E-state index in [1.165, 1.54) is 0 Å². The fourth-order valence-electron chi connectivity index (χ4n) is 2.40. The summed E-state index contributed by atoms with van der Waals surface area (Å²) in [7, 11) is 0. The topological polar surface area (TPSA) is 95.1 Å². The first-order chi connectivity index (χ1) is 11.1. The number of carbonyl (C=O) groups is 2. The van der Waals surface area contributed by atoms with Crippen molar-refractivity contribution in [3.8, 4) is 0 Å². The Morgan fingerprint density at radius 3 is 2.87 bits per heavy atom. The highest BCUT2D eigenvalue weighted by Gasteiger charge is 2.30. The van der Waals surface area contributed by atoms with Crippen LogP contribution < -0.4 is 5.32 Å². The largest absolute Gasteiger partial charge is 0.478 e. The lowest BCUT2D eigenvalue weighted by Gasteiger charge is -2.05. The molecule has 23 heavy (non-hydrogen) atoms. The van der Waals surface area contributed by atoms with Crippen LogP contribution in [-0.4, -0.2) is 33.7 Å². The number of aromatic carboxylic acids is 1. The summed E-state index contributed by atoms with van der Waals surface area (Å²) in [5.41, 5.74) is 2.47. The molecule has 0 spiro atoms. The van der Waals surface area contributed by atoms with Gasteiger partial charge in [0.05, 0.1) is 15.7 Å². The molecule has 0 aliphatic heterocycles. The van der Waals surface area contributed by atoms with E-state index in [-0.39, 0.29) is 11.5 Å². The number of H-pyrrole nitrogens is 1. The Morgan fingerprint density at radius 1 is 1.39 bits per heavy atom. The van der Waals surface area contributed by atoms with Crippen molar-refractivity contribution < 1.29 is 14.7 Å². The van der Waals surface area contributed by atoms with E-state index in [4.69, 9.17) is 5.11 Å². The van der Waals surface area contributed by atoms with E-state index in [9.17, 15) is 9.59 Å². The standard InChI is InChI=1S/C16H16BrN3O3/c17-12-13(10-4-5-10)19-20-14(12)15(21)18-7-6-9-2-1-3-11(8-9)16(22)23/h1-3,8,10H,4-7H2,(H,18,21)(H,19,20)(H,22,23). The number of hydrogen-bond acceptors (Lipinski definition) is 3. The number of benzene rings is 1. The first kappa shape index (κ1) is 15.7. The SMILES string of the molecule is O=C(O)c1cccc(CCNC(=O)c2n[nH]c(C3CC3)c2Br)c1. The minimum absolute atomic E-state index is 0.241. The average molecular weight is 378 g/mol. The monoisotopic (exact) mass is 377 g/mol. The van der Waals surface area contributed by atoms with Crippen molar-refractivity contribution in [2.75, 3.05) is 6.54 Å². The van der Waals surface area contributed by atoms with Gasteiger partial charge in [-0.15, -0.1) is 0 Å². The van der Waals surface area contributed by atoms with Gasteiger partial charge in [-0.2, -0.15) is 5.10 Å². The molecule has 1 aliphatic carbocycles. The van der Waals surface area contributed by atoms with E-state index in [2.05, 4.69) is 31.4 Å². The predicted octanol–water partition coefficient (Wildman–Crippen LogP) is 2.72. The van der Waals surface area contributed by atoms with Crippen LogP contribution in [0.2, 0.25) is 0 Å². The summed E-state index contributed by atoms with van der Waals surface area (Å²) < 4.78 is 0.741. The van der Waals surface area contributed by atoms with Crippen LogP contribution in [0.15, 0.2) is 28.7 Å². The number of aromatic amines is 1. The fraction of sp³-hybridized carbons (Fsp3) is 0.312. The molecule has 1 fully saturated rings. The predicted molar refractivity (Wildman–Crippen MR) is 87.7 cm³/mol. The van der Waals surface area contributed by atoms with E-state index >= 15 is 0 Å². The average Bonchev–Trinajstić information content (AvgIpc) is 3.30. The van der Waals surface area contributed by atoms with Gasteiger partial charge >= 0.3 is 5.97 Å². The van der Waals surface area contributed by atoms with Gasteiger partial charge in [0, 0.05) is 12.5 Å². The zero-order chi connectivity index (χ0) is 16.4. The van der Waals surface area contributed by atoms with Gasteiger partial charge in [0.1, 0.15) is 0 Å². The third-order valence-corrected chi connectivity index (χ3v) is 4.61. The van der Waals surface area contributed by atoms with Crippen molar-refractivity contribution in [3.63, 3.8) is 0 Å². The van der Waals surface area contributed by atoms with Crippen LogP contribution in [0.5, 0.6) is 0 Å². The molecule has 1 aromatic heterocycles. The Labute approximate surface area is 141 Å². The summed E-state index contributed by atoms with van der Waals surface area (Å²) in [6.07, 6.45) is 2.81. The van der Waals surface area contributed by atoms with Crippen molar-refractivity contribution in [2.24, 2.45) is 0 Å². The van der Waals surface area contributed by atoms with Crippen LogP contribution in [0.3, 0.4) is 0 Å². The van der Waals surface area contributed by atoms with E-state index in [0.29, 0.717) is 24.6 Å². The summed E-state index contributed by atoms with van der Waals surface area (Å²) >= 11 is 3.43. The summed E-state index contributed by atoms with van der Waals surface area (Å²) in [6.45, 7) is 0.417. The molecule has 0 unspecified atom stereocenters. The maximum Gasteiger partial charge on any atom is 0.335 e. The Kier molecular flexibility index (Phi) is 4.47. The second kappa shape index (κ2) is 6.54. The highest BCUT2D eigenvalue weighted by atomic mass is 79.9. The van der Waals surface area contributed by atoms with Crippen molar-refractivity contribution in [1.29, 1.82) is 0 Å². The summed E-state index contributed by atoms with van der Waals surface area (Å²) in [4.78, 5) is 23.1. The summed E-state index contributed by atoms with van der Waals surface area (Å²) in [6, 6.07) is 6.70. The van der Waals surface area contributed by atoms with Gasteiger partial charge in [-0.25, -0.2) is 4.79 Å². The maximum atomic E-state index is 12.2. The van der Waals surface area contributed by atoms with E-state index < -0.39 is 5.97 Å². The Balaban J connectivity index is 1.57. The third-order valence-electron chi connectivity index (χ3n) is 3.81. The molecule has 120 valence electrons. The molecule has 7 heteroatoms. The van der Waals surface area contributed by atoms with Crippen LogP contribution in [0.25, 0.3) is 0 Å². The first-order valence-corrected chi connectivity index (χ1v) is 8.19. The molecule has 1 aliphatic rings. The van der Waals surface area contributed by atoms with Gasteiger partial charge in [0.15, 0.2) is 5.69 Å². The molecule has 1 amide bonds. The Bertz CT molecular complexity index is 753. The number of amides is 1. The minimum atomic E-state index is -0.955. The smallest absolute Gasteiger partial charge is 0.335 e. The molecule has 0 atom stereocenters. The molecule has 6 nitrogen and oxygen atoms in total. The van der Waals surface area contributed by atoms with Gasteiger partial charge in [-0.3, -0.25) is 9.89 Å². The number of carbonyl (C=O) groups excluding carboxylic acids is 1. The molecule has 2 aromatic rings. The quantitative estimate of drug-likeness (QED) is 0.720.